The molecular weight excluding hydrogens is 301 g/mol. The number of rotatable bonds is 5. The molecule has 0 bridgehead atoms. The highest BCUT2D eigenvalue weighted by molar-refractivity contribution is 14.1. The van der Waals surface area contributed by atoms with Gasteiger partial charge in [-0.25, -0.2) is 0 Å². The maximum Gasteiger partial charge on any atom is 0.164 e. The summed E-state index contributed by atoms with van der Waals surface area (Å²) in [5.74, 6) is 2.10. The minimum atomic E-state index is 0.694. The van der Waals surface area contributed by atoms with Crippen LogP contribution in [-0.2, 0) is 6.54 Å². The summed E-state index contributed by atoms with van der Waals surface area (Å²) in [7, 11) is 0. The normalized spacial score (nSPS) is 23.0. The summed E-state index contributed by atoms with van der Waals surface area (Å²) >= 11 is 2.21. The Morgan fingerprint density at radius 2 is 2.20 bits per heavy atom. The molecular formula is C12H16INO. The number of halogens is 1. The molecule has 3 heteroatoms. The third kappa shape index (κ3) is 2.23. The van der Waals surface area contributed by atoms with E-state index in [-0.39, 0.29) is 0 Å². The van der Waals surface area contributed by atoms with Crippen LogP contribution >= 0.6 is 22.6 Å². The van der Waals surface area contributed by atoms with Crippen LogP contribution < -0.4 is 5.32 Å². The summed E-state index contributed by atoms with van der Waals surface area (Å²) in [5.41, 5.74) is 0.694. The first-order valence-corrected chi connectivity index (χ1v) is 6.81. The number of furan rings is 1. The molecule has 1 aromatic heterocycles. The van der Waals surface area contributed by atoms with Crippen LogP contribution in [0.2, 0.25) is 0 Å². The molecule has 2 aliphatic rings. The van der Waals surface area contributed by atoms with Crippen LogP contribution in [0.25, 0.3) is 0 Å². The summed E-state index contributed by atoms with van der Waals surface area (Å²) in [5, 5.41) is 3.54. The lowest BCUT2D eigenvalue weighted by molar-refractivity contribution is 0.384. The quantitative estimate of drug-likeness (QED) is 0.844. The average Bonchev–Trinajstić information content (AvgIpc) is 3.08. The summed E-state index contributed by atoms with van der Waals surface area (Å²) in [4.78, 5) is 0. The van der Waals surface area contributed by atoms with E-state index in [4.69, 9.17) is 4.42 Å². The van der Waals surface area contributed by atoms with E-state index in [1.54, 1.807) is 0 Å². The van der Waals surface area contributed by atoms with Crippen molar-refractivity contribution >= 4 is 22.6 Å². The third-order valence-corrected chi connectivity index (χ3v) is 4.32. The lowest BCUT2D eigenvalue weighted by Gasteiger charge is -2.13. The van der Waals surface area contributed by atoms with Gasteiger partial charge in [-0.2, -0.15) is 0 Å². The van der Waals surface area contributed by atoms with E-state index in [0.29, 0.717) is 5.41 Å². The average molecular weight is 317 g/mol. The van der Waals surface area contributed by atoms with Crippen molar-refractivity contribution in [1.29, 1.82) is 0 Å². The highest BCUT2D eigenvalue weighted by Crippen LogP contribution is 2.60. The van der Waals surface area contributed by atoms with E-state index < -0.39 is 0 Å². The molecule has 0 aliphatic heterocycles. The van der Waals surface area contributed by atoms with Crippen molar-refractivity contribution in [3.05, 3.63) is 21.7 Å². The molecule has 0 atom stereocenters. The van der Waals surface area contributed by atoms with Crippen molar-refractivity contribution in [2.24, 2.45) is 11.3 Å². The smallest absolute Gasteiger partial charge is 0.164 e. The van der Waals surface area contributed by atoms with Crippen molar-refractivity contribution in [1.82, 2.24) is 5.32 Å². The molecule has 0 spiro atoms. The first-order valence-electron chi connectivity index (χ1n) is 5.73. The minimum absolute atomic E-state index is 0.694. The Kier molecular flexibility index (Phi) is 2.55. The molecule has 3 rings (SSSR count). The Morgan fingerprint density at radius 3 is 2.73 bits per heavy atom. The molecule has 1 aromatic rings. The molecule has 1 heterocycles. The van der Waals surface area contributed by atoms with E-state index >= 15 is 0 Å². The Balaban J connectivity index is 1.47. The highest BCUT2D eigenvalue weighted by Gasteiger charge is 2.53. The first kappa shape index (κ1) is 10.1. The fourth-order valence-electron chi connectivity index (χ4n) is 2.47. The molecule has 0 saturated heterocycles. The van der Waals surface area contributed by atoms with Crippen LogP contribution in [0.15, 0.2) is 16.5 Å². The second-order valence-electron chi connectivity index (χ2n) is 4.95. The van der Waals surface area contributed by atoms with Gasteiger partial charge in [0.05, 0.1) is 6.54 Å². The zero-order valence-corrected chi connectivity index (χ0v) is 10.9. The van der Waals surface area contributed by atoms with Crippen LogP contribution in [-0.4, -0.2) is 6.54 Å². The molecule has 0 radical (unpaired) electrons. The van der Waals surface area contributed by atoms with Crippen molar-refractivity contribution in [2.75, 3.05) is 6.54 Å². The number of hydrogen-bond acceptors (Lipinski definition) is 2. The largest absolute Gasteiger partial charge is 0.454 e. The number of nitrogens with one attached hydrogen (secondary N) is 1. The zero-order chi connectivity index (χ0) is 10.3. The van der Waals surface area contributed by atoms with E-state index in [1.165, 1.54) is 32.2 Å². The summed E-state index contributed by atoms with van der Waals surface area (Å²) < 4.78 is 6.50. The van der Waals surface area contributed by atoms with Crippen LogP contribution in [0.5, 0.6) is 0 Å². The van der Waals surface area contributed by atoms with Gasteiger partial charge in [-0.15, -0.1) is 0 Å². The number of hydrogen-bond donors (Lipinski definition) is 1. The monoisotopic (exact) mass is 317 g/mol. The minimum Gasteiger partial charge on any atom is -0.454 e. The van der Waals surface area contributed by atoms with E-state index in [2.05, 4.69) is 34.0 Å². The van der Waals surface area contributed by atoms with Gasteiger partial charge in [-0.3, -0.25) is 0 Å². The fraction of sp³-hybridized carbons (Fsp3) is 0.667. The van der Waals surface area contributed by atoms with Gasteiger partial charge in [0.25, 0.3) is 0 Å². The van der Waals surface area contributed by atoms with Gasteiger partial charge in [0.2, 0.25) is 0 Å². The predicted octanol–water partition coefficient (Wildman–Crippen LogP) is 3.16. The SMILES string of the molecule is Ic1ccc(CNCC2(C3CC3)CC2)o1. The zero-order valence-electron chi connectivity index (χ0n) is 8.76. The second-order valence-corrected chi connectivity index (χ2v) is 6.01. The molecule has 2 aliphatic carbocycles. The highest BCUT2D eigenvalue weighted by atomic mass is 127. The molecule has 0 amide bonds. The first-order chi connectivity index (χ1) is 7.28. The van der Waals surface area contributed by atoms with Crippen LogP contribution in [0.3, 0.4) is 0 Å². The van der Waals surface area contributed by atoms with Crippen molar-refractivity contribution in [2.45, 2.75) is 32.2 Å². The molecule has 15 heavy (non-hydrogen) atoms. The standard InChI is InChI=1S/C12H16INO/c13-11-4-3-10(15-11)7-14-8-12(5-6-12)9-1-2-9/h3-4,9,14H,1-2,5-8H2. The summed E-state index contributed by atoms with van der Waals surface area (Å²) in [6, 6.07) is 4.08. The van der Waals surface area contributed by atoms with Crippen LogP contribution in [0.1, 0.15) is 31.4 Å². The maximum absolute atomic E-state index is 5.52. The van der Waals surface area contributed by atoms with Crippen molar-refractivity contribution in [3.8, 4) is 0 Å². The van der Waals surface area contributed by atoms with Gasteiger partial charge in [-0.05, 0) is 71.7 Å². The van der Waals surface area contributed by atoms with Gasteiger partial charge < -0.3 is 9.73 Å². The topological polar surface area (TPSA) is 25.2 Å². The Labute approximate surface area is 104 Å². The molecule has 1 N–H and O–H groups in total. The van der Waals surface area contributed by atoms with Gasteiger partial charge >= 0.3 is 0 Å². The van der Waals surface area contributed by atoms with E-state index in [0.717, 1.165) is 22.0 Å². The Bertz CT molecular complexity index is 352. The van der Waals surface area contributed by atoms with E-state index in [1.807, 2.05) is 6.07 Å². The lowest BCUT2D eigenvalue weighted by Crippen LogP contribution is -2.24. The predicted molar refractivity (Wildman–Crippen MR) is 67.5 cm³/mol. The van der Waals surface area contributed by atoms with Gasteiger partial charge in [-0.1, -0.05) is 0 Å². The lowest BCUT2D eigenvalue weighted by atomic mass is 10.0. The van der Waals surface area contributed by atoms with Crippen LogP contribution in [0, 0.1) is 15.1 Å². The third-order valence-electron chi connectivity index (χ3n) is 3.74. The van der Waals surface area contributed by atoms with Gasteiger partial charge in [0.15, 0.2) is 3.77 Å². The van der Waals surface area contributed by atoms with Crippen molar-refractivity contribution in [3.63, 3.8) is 0 Å². The van der Waals surface area contributed by atoms with Crippen LogP contribution in [0.4, 0.5) is 0 Å². The molecule has 0 unspecified atom stereocenters. The molecule has 2 fully saturated rings. The van der Waals surface area contributed by atoms with Gasteiger partial charge in [0, 0.05) is 6.54 Å². The van der Waals surface area contributed by atoms with Crippen molar-refractivity contribution < 1.29 is 4.42 Å². The molecule has 2 saturated carbocycles. The molecule has 82 valence electrons. The Morgan fingerprint density at radius 1 is 1.40 bits per heavy atom. The molecule has 0 aromatic carbocycles. The Hall–Kier alpha value is -0.0300. The second kappa shape index (κ2) is 3.77. The summed E-state index contributed by atoms with van der Waals surface area (Å²) in [6.07, 6.45) is 5.83. The molecule has 2 nitrogen and oxygen atoms in total. The van der Waals surface area contributed by atoms with E-state index in [9.17, 15) is 0 Å². The summed E-state index contributed by atoms with van der Waals surface area (Å²) in [6.45, 7) is 2.08. The maximum atomic E-state index is 5.52. The van der Waals surface area contributed by atoms with Gasteiger partial charge in [0.1, 0.15) is 5.76 Å². The fourth-order valence-corrected chi connectivity index (χ4v) is 2.93.